The molecule has 1 saturated heterocycles. The fraction of sp³-hybridized carbons (Fsp3) is 0.300. The number of imidazole rings is 1. The van der Waals surface area contributed by atoms with Crippen LogP contribution in [-0.4, -0.2) is 40.6 Å². The zero-order valence-corrected chi connectivity index (χ0v) is 16.4. The highest BCUT2D eigenvalue weighted by Crippen LogP contribution is 2.25. The molecule has 0 saturated carbocycles. The molecular weight excluding hydrogens is 376 g/mol. The normalized spacial score (nSPS) is 17.8. The topological polar surface area (TPSA) is 83.8 Å². The number of hydrogen-bond acceptors (Lipinski definition) is 4. The minimum atomic E-state index is -3.46. The number of fused-ring (bicyclic) bond motifs is 1. The van der Waals surface area contributed by atoms with Gasteiger partial charge >= 0.3 is 0 Å². The molecule has 0 bridgehead atoms. The first-order valence-corrected chi connectivity index (χ1v) is 10.7. The highest BCUT2D eigenvalue weighted by molar-refractivity contribution is 7.89. The van der Waals surface area contributed by atoms with Crippen LogP contribution in [0.3, 0.4) is 0 Å². The van der Waals surface area contributed by atoms with Crippen LogP contribution < -0.4 is 5.32 Å². The fourth-order valence-electron chi connectivity index (χ4n) is 3.52. The average molecular weight is 398 g/mol. The standard InChI is InChI=1S/C20H22N4O3S/c1-15-3-2-11-24(15)28(26,27)18-7-4-16(5-8-18)13-22-20(25)17-6-9-19-21-10-12-23(19)14-17/h4-10,12,14-15H,2-3,11,13H2,1H3,(H,22,25). The summed E-state index contributed by atoms with van der Waals surface area (Å²) in [5.41, 5.74) is 2.15. The van der Waals surface area contributed by atoms with Crippen LogP contribution >= 0.6 is 0 Å². The van der Waals surface area contributed by atoms with Crippen LogP contribution in [0.4, 0.5) is 0 Å². The predicted octanol–water partition coefficient (Wildman–Crippen LogP) is 2.44. The number of carbonyl (C=O) groups is 1. The second-order valence-electron chi connectivity index (χ2n) is 7.04. The monoisotopic (exact) mass is 398 g/mol. The summed E-state index contributed by atoms with van der Waals surface area (Å²) in [6.45, 7) is 2.83. The molecule has 1 unspecified atom stereocenters. The maximum Gasteiger partial charge on any atom is 0.253 e. The van der Waals surface area contributed by atoms with E-state index < -0.39 is 10.0 Å². The van der Waals surface area contributed by atoms with Gasteiger partial charge in [-0.1, -0.05) is 12.1 Å². The number of nitrogens with zero attached hydrogens (tertiary/aromatic N) is 3. The van der Waals surface area contributed by atoms with Gasteiger partial charge in [0.1, 0.15) is 5.65 Å². The minimum absolute atomic E-state index is 0.0387. The number of hydrogen-bond donors (Lipinski definition) is 1. The SMILES string of the molecule is CC1CCCN1S(=O)(=O)c1ccc(CNC(=O)c2ccc3nccn3c2)cc1. The van der Waals surface area contributed by atoms with Gasteiger partial charge in [0.2, 0.25) is 10.0 Å². The van der Waals surface area contributed by atoms with Crippen LogP contribution in [0.2, 0.25) is 0 Å². The highest BCUT2D eigenvalue weighted by atomic mass is 32.2. The van der Waals surface area contributed by atoms with Gasteiger partial charge in [0.15, 0.2) is 0 Å². The Bertz CT molecular complexity index is 1110. The van der Waals surface area contributed by atoms with Gasteiger partial charge in [-0.25, -0.2) is 13.4 Å². The fourth-order valence-corrected chi connectivity index (χ4v) is 5.22. The molecule has 4 rings (SSSR count). The number of pyridine rings is 1. The van der Waals surface area contributed by atoms with Gasteiger partial charge in [0.05, 0.1) is 10.5 Å². The maximum atomic E-state index is 12.7. The lowest BCUT2D eigenvalue weighted by Crippen LogP contribution is -2.33. The van der Waals surface area contributed by atoms with Gasteiger partial charge in [-0.2, -0.15) is 4.31 Å². The van der Waals surface area contributed by atoms with Crippen molar-refractivity contribution in [1.82, 2.24) is 19.0 Å². The summed E-state index contributed by atoms with van der Waals surface area (Å²) < 4.78 is 28.8. The first-order chi connectivity index (χ1) is 13.4. The molecule has 0 radical (unpaired) electrons. The van der Waals surface area contributed by atoms with Gasteiger partial charge in [-0.15, -0.1) is 0 Å². The van der Waals surface area contributed by atoms with E-state index in [1.54, 1.807) is 63.7 Å². The van der Waals surface area contributed by atoms with Gasteiger partial charge < -0.3 is 9.72 Å². The van der Waals surface area contributed by atoms with Crippen LogP contribution in [0.5, 0.6) is 0 Å². The Labute approximate surface area is 164 Å². The Kier molecular flexibility index (Phi) is 4.91. The van der Waals surface area contributed by atoms with Crippen molar-refractivity contribution < 1.29 is 13.2 Å². The Morgan fingerprint density at radius 1 is 1.21 bits per heavy atom. The number of rotatable bonds is 5. The first kappa shape index (κ1) is 18.6. The minimum Gasteiger partial charge on any atom is -0.348 e. The largest absolute Gasteiger partial charge is 0.348 e. The van der Waals surface area contributed by atoms with Crippen molar-refractivity contribution in [3.8, 4) is 0 Å². The lowest BCUT2D eigenvalue weighted by molar-refractivity contribution is 0.0950. The summed E-state index contributed by atoms with van der Waals surface area (Å²) in [6.07, 6.45) is 6.98. The average Bonchev–Trinajstić information content (AvgIpc) is 3.34. The van der Waals surface area contributed by atoms with Gasteiger partial charge in [-0.05, 0) is 49.6 Å². The van der Waals surface area contributed by atoms with Crippen molar-refractivity contribution in [3.05, 3.63) is 66.1 Å². The van der Waals surface area contributed by atoms with Crippen LogP contribution in [0.25, 0.3) is 5.65 Å². The van der Waals surface area contributed by atoms with E-state index in [1.165, 1.54) is 0 Å². The molecule has 1 N–H and O–H groups in total. The van der Waals surface area contributed by atoms with Gasteiger partial charge in [0.25, 0.3) is 5.91 Å². The van der Waals surface area contributed by atoms with E-state index in [-0.39, 0.29) is 11.9 Å². The molecule has 1 aliphatic rings. The van der Waals surface area contributed by atoms with E-state index in [9.17, 15) is 13.2 Å². The third-order valence-corrected chi connectivity index (χ3v) is 7.15. The maximum absolute atomic E-state index is 12.7. The molecule has 7 nitrogen and oxygen atoms in total. The van der Waals surface area contributed by atoms with E-state index in [2.05, 4.69) is 10.3 Å². The van der Waals surface area contributed by atoms with E-state index in [0.717, 1.165) is 24.1 Å². The Balaban J connectivity index is 1.42. The zero-order valence-electron chi connectivity index (χ0n) is 15.6. The number of amides is 1. The third kappa shape index (κ3) is 3.53. The second kappa shape index (κ2) is 7.37. The molecular formula is C20H22N4O3S. The number of sulfonamides is 1. The van der Waals surface area contributed by atoms with E-state index in [0.29, 0.717) is 23.5 Å². The van der Waals surface area contributed by atoms with Crippen molar-refractivity contribution in [2.75, 3.05) is 6.54 Å². The molecule has 1 atom stereocenters. The zero-order chi connectivity index (χ0) is 19.7. The Morgan fingerprint density at radius 3 is 2.71 bits per heavy atom. The second-order valence-corrected chi connectivity index (χ2v) is 8.93. The Morgan fingerprint density at radius 2 is 2.00 bits per heavy atom. The quantitative estimate of drug-likeness (QED) is 0.715. The molecule has 1 amide bonds. The summed E-state index contributed by atoms with van der Waals surface area (Å²) in [5, 5.41) is 2.86. The van der Waals surface area contributed by atoms with Crippen molar-refractivity contribution in [2.24, 2.45) is 0 Å². The molecule has 3 heterocycles. The molecule has 1 fully saturated rings. The van der Waals surface area contributed by atoms with E-state index in [4.69, 9.17) is 0 Å². The van der Waals surface area contributed by atoms with E-state index >= 15 is 0 Å². The number of carbonyl (C=O) groups excluding carboxylic acids is 1. The third-order valence-electron chi connectivity index (χ3n) is 5.13. The van der Waals surface area contributed by atoms with Crippen molar-refractivity contribution >= 4 is 21.6 Å². The summed E-state index contributed by atoms with van der Waals surface area (Å²) >= 11 is 0. The summed E-state index contributed by atoms with van der Waals surface area (Å²) in [4.78, 5) is 16.8. The number of nitrogens with one attached hydrogen (secondary N) is 1. The first-order valence-electron chi connectivity index (χ1n) is 9.27. The van der Waals surface area contributed by atoms with Crippen molar-refractivity contribution in [3.63, 3.8) is 0 Å². The molecule has 8 heteroatoms. The summed E-state index contributed by atoms with van der Waals surface area (Å²) in [6, 6.07) is 10.3. The molecule has 2 aromatic heterocycles. The Hall–Kier alpha value is -2.71. The van der Waals surface area contributed by atoms with Crippen LogP contribution in [0, 0.1) is 0 Å². The number of aromatic nitrogens is 2. The molecule has 146 valence electrons. The highest BCUT2D eigenvalue weighted by Gasteiger charge is 2.32. The van der Waals surface area contributed by atoms with E-state index in [1.807, 2.05) is 6.92 Å². The predicted molar refractivity (Wildman–Crippen MR) is 105 cm³/mol. The van der Waals surface area contributed by atoms with Crippen LogP contribution in [-0.2, 0) is 16.6 Å². The molecule has 1 aliphatic heterocycles. The van der Waals surface area contributed by atoms with Crippen molar-refractivity contribution in [1.29, 1.82) is 0 Å². The lowest BCUT2D eigenvalue weighted by atomic mass is 10.2. The smallest absolute Gasteiger partial charge is 0.253 e. The molecule has 3 aromatic rings. The van der Waals surface area contributed by atoms with Gasteiger partial charge in [0, 0.05) is 37.7 Å². The molecule has 0 spiro atoms. The summed E-state index contributed by atoms with van der Waals surface area (Å²) in [5.74, 6) is -0.196. The van der Waals surface area contributed by atoms with Crippen LogP contribution in [0.15, 0.2) is 59.9 Å². The number of benzene rings is 1. The molecule has 28 heavy (non-hydrogen) atoms. The van der Waals surface area contributed by atoms with Crippen molar-refractivity contribution in [2.45, 2.75) is 37.2 Å². The van der Waals surface area contributed by atoms with Crippen LogP contribution in [0.1, 0.15) is 35.7 Å². The summed E-state index contributed by atoms with van der Waals surface area (Å²) in [7, 11) is -3.46. The molecule has 1 aromatic carbocycles. The van der Waals surface area contributed by atoms with Gasteiger partial charge in [-0.3, -0.25) is 4.79 Å². The molecule has 0 aliphatic carbocycles. The lowest BCUT2D eigenvalue weighted by Gasteiger charge is -2.21.